The van der Waals surface area contributed by atoms with Crippen molar-refractivity contribution < 1.29 is 19.4 Å². The fourth-order valence-corrected chi connectivity index (χ4v) is 2.05. The van der Waals surface area contributed by atoms with Crippen LogP contribution in [0.3, 0.4) is 0 Å². The lowest BCUT2D eigenvalue weighted by Gasteiger charge is -2.09. The number of amides is 1. The van der Waals surface area contributed by atoms with Crippen LogP contribution in [-0.4, -0.2) is 30.6 Å². The summed E-state index contributed by atoms with van der Waals surface area (Å²) in [6.07, 6.45) is 0.631. The molecule has 2 N–H and O–H groups in total. The van der Waals surface area contributed by atoms with Gasteiger partial charge in [0.25, 0.3) is 5.91 Å². The third-order valence-corrected chi connectivity index (χ3v) is 3.21. The zero-order chi connectivity index (χ0) is 15.9. The molecule has 0 spiro atoms. The normalized spacial score (nSPS) is 10.0. The largest absolute Gasteiger partial charge is 0.508 e. The molecule has 2 aromatic rings. The average molecular weight is 299 g/mol. The highest BCUT2D eigenvalue weighted by Crippen LogP contribution is 2.11. The summed E-state index contributed by atoms with van der Waals surface area (Å²) in [6.45, 7) is 0.430. The van der Waals surface area contributed by atoms with Crippen LogP contribution in [0.2, 0.25) is 0 Å². The maximum atomic E-state index is 12.2. The molecule has 0 aliphatic rings. The van der Waals surface area contributed by atoms with Crippen LogP contribution in [0.1, 0.15) is 26.3 Å². The average Bonchev–Trinajstić information content (AvgIpc) is 2.56. The molecular formula is C17H17NO4. The van der Waals surface area contributed by atoms with Crippen LogP contribution in [0.4, 0.5) is 0 Å². The van der Waals surface area contributed by atoms with E-state index in [9.17, 15) is 14.7 Å². The van der Waals surface area contributed by atoms with Gasteiger partial charge in [-0.3, -0.25) is 4.79 Å². The van der Waals surface area contributed by atoms with Gasteiger partial charge in [-0.15, -0.1) is 0 Å². The molecule has 0 atom stereocenters. The Labute approximate surface area is 128 Å². The number of carbonyl (C=O) groups is 2. The zero-order valence-corrected chi connectivity index (χ0v) is 12.2. The Hall–Kier alpha value is -2.82. The van der Waals surface area contributed by atoms with Gasteiger partial charge in [0.05, 0.1) is 18.2 Å². The van der Waals surface area contributed by atoms with E-state index in [1.165, 1.54) is 7.11 Å². The van der Waals surface area contributed by atoms with Gasteiger partial charge in [0.15, 0.2) is 0 Å². The summed E-state index contributed by atoms with van der Waals surface area (Å²) in [6, 6.07) is 13.3. The lowest BCUT2D eigenvalue weighted by atomic mass is 10.1. The van der Waals surface area contributed by atoms with Crippen molar-refractivity contribution in [2.24, 2.45) is 0 Å². The summed E-state index contributed by atoms with van der Waals surface area (Å²) in [5.41, 5.74) is 1.53. The van der Waals surface area contributed by atoms with E-state index in [-0.39, 0.29) is 17.2 Å². The molecule has 5 heteroatoms. The van der Waals surface area contributed by atoms with Crippen LogP contribution in [0.25, 0.3) is 0 Å². The third kappa shape index (κ3) is 3.85. The smallest absolute Gasteiger partial charge is 0.338 e. The van der Waals surface area contributed by atoms with Crippen LogP contribution in [0.5, 0.6) is 5.75 Å². The number of rotatable bonds is 5. The number of nitrogens with one attached hydrogen (secondary N) is 1. The van der Waals surface area contributed by atoms with Crippen molar-refractivity contribution in [3.05, 3.63) is 65.2 Å². The molecule has 22 heavy (non-hydrogen) atoms. The van der Waals surface area contributed by atoms with Crippen molar-refractivity contribution in [1.29, 1.82) is 0 Å². The highest BCUT2D eigenvalue weighted by Gasteiger charge is 2.16. The second-order valence-corrected chi connectivity index (χ2v) is 4.71. The van der Waals surface area contributed by atoms with Gasteiger partial charge >= 0.3 is 5.97 Å². The molecule has 0 aromatic heterocycles. The second kappa shape index (κ2) is 7.26. The molecule has 0 bridgehead atoms. The van der Waals surface area contributed by atoms with E-state index in [1.807, 2.05) is 0 Å². The number of hydrogen-bond donors (Lipinski definition) is 2. The van der Waals surface area contributed by atoms with Crippen LogP contribution in [0.15, 0.2) is 48.5 Å². The summed E-state index contributed by atoms with van der Waals surface area (Å²) in [4.78, 5) is 23.8. The van der Waals surface area contributed by atoms with Gasteiger partial charge in [-0.2, -0.15) is 0 Å². The predicted molar refractivity (Wildman–Crippen MR) is 81.9 cm³/mol. The summed E-state index contributed by atoms with van der Waals surface area (Å²) in [5, 5.41) is 12.0. The van der Waals surface area contributed by atoms with Crippen molar-refractivity contribution >= 4 is 11.9 Å². The Bertz CT molecular complexity index is 665. The molecule has 0 aliphatic heterocycles. The molecule has 0 unspecified atom stereocenters. The fraction of sp³-hybridized carbons (Fsp3) is 0.176. The van der Waals surface area contributed by atoms with Crippen molar-refractivity contribution in [3.63, 3.8) is 0 Å². The van der Waals surface area contributed by atoms with Gasteiger partial charge in [0.2, 0.25) is 0 Å². The highest BCUT2D eigenvalue weighted by molar-refractivity contribution is 6.05. The molecule has 0 aliphatic carbocycles. The summed E-state index contributed by atoms with van der Waals surface area (Å²) < 4.78 is 4.67. The van der Waals surface area contributed by atoms with E-state index >= 15 is 0 Å². The van der Waals surface area contributed by atoms with Gasteiger partial charge in [-0.25, -0.2) is 4.79 Å². The highest BCUT2D eigenvalue weighted by atomic mass is 16.5. The number of phenolic OH excluding ortho intramolecular Hbond substituents is 1. The number of methoxy groups -OCH3 is 1. The van der Waals surface area contributed by atoms with E-state index in [4.69, 9.17) is 0 Å². The minimum atomic E-state index is -0.538. The van der Waals surface area contributed by atoms with Gasteiger partial charge in [-0.1, -0.05) is 24.3 Å². The second-order valence-electron chi connectivity index (χ2n) is 4.71. The van der Waals surface area contributed by atoms with Crippen LogP contribution in [-0.2, 0) is 11.2 Å². The number of ether oxygens (including phenoxy) is 1. The number of aromatic hydroxyl groups is 1. The summed E-state index contributed by atoms with van der Waals surface area (Å²) in [5.74, 6) is -0.649. The summed E-state index contributed by atoms with van der Waals surface area (Å²) in [7, 11) is 1.28. The predicted octanol–water partition coefficient (Wildman–Crippen LogP) is 2.15. The Morgan fingerprint density at radius 2 is 1.68 bits per heavy atom. The van der Waals surface area contributed by atoms with E-state index in [0.29, 0.717) is 18.5 Å². The molecular weight excluding hydrogens is 282 g/mol. The van der Waals surface area contributed by atoms with Gasteiger partial charge in [0, 0.05) is 6.54 Å². The van der Waals surface area contributed by atoms with Gasteiger partial charge in [0.1, 0.15) is 5.75 Å². The lowest BCUT2D eigenvalue weighted by Crippen LogP contribution is -2.27. The topological polar surface area (TPSA) is 75.6 Å². The standard InChI is InChI=1S/C17H17NO4/c1-22-17(21)15-5-3-2-4-14(15)16(20)18-11-10-12-6-8-13(19)9-7-12/h2-9,19H,10-11H2,1H3,(H,18,20). The number of carbonyl (C=O) groups excluding carboxylic acids is 2. The monoisotopic (exact) mass is 299 g/mol. The molecule has 114 valence electrons. The number of phenols is 1. The molecule has 0 heterocycles. The third-order valence-electron chi connectivity index (χ3n) is 3.21. The first-order valence-electron chi connectivity index (χ1n) is 6.85. The Morgan fingerprint density at radius 3 is 2.32 bits per heavy atom. The zero-order valence-electron chi connectivity index (χ0n) is 12.2. The van der Waals surface area contributed by atoms with Crippen molar-refractivity contribution in [2.75, 3.05) is 13.7 Å². The van der Waals surface area contributed by atoms with Crippen LogP contribution < -0.4 is 5.32 Å². The molecule has 5 nitrogen and oxygen atoms in total. The van der Waals surface area contributed by atoms with E-state index in [0.717, 1.165) is 5.56 Å². The molecule has 2 rings (SSSR count). The van der Waals surface area contributed by atoms with E-state index in [1.54, 1.807) is 48.5 Å². The quantitative estimate of drug-likeness (QED) is 0.830. The number of esters is 1. The SMILES string of the molecule is COC(=O)c1ccccc1C(=O)NCCc1ccc(O)cc1. The molecule has 0 saturated heterocycles. The maximum absolute atomic E-state index is 12.2. The fourth-order valence-electron chi connectivity index (χ4n) is 2.05. The molecule has 0 fully saturated rings. The molecule has 1 amide bonds. The molecule has 0 radical (unpaired) electrons. The van der Waals surface area contributed by atoms with Crippen molar-refractivity contribution in [3.8, 4) is 5.75 Å². The van der Waals surface area contributed by atoms with Gasteiger partial charge in [-0.05, 0) is 36.2 Å². The molecule has 0 saturated carbocycles. The van der Waals surface area contributed by atoms with Crippen molar-refractivity contribution in [2.45, 2.75) is 6.42 Å². The van der Waals surface area contributed by atoms with Gasteiger partial charge < -0.3 is 15.2 Å². The number of hydrogen-bond acceptors (Lipinski definition) is 4. The van der Waals surface area contributed by atoms with E-state index in [2.05, 4.69) is 10.1 Å². The minimum absolute atomic E-state index is 0.208. The lowest BCUT2D eigenvalue weighted by molar-refractivity contribution is 0.0596. The first kappa shape index (κ1) is 15.6. The first-order chi connectivity index (χ1) is 10.6. The molecule has 2 aromatic carbocycles. The van der Waals surface area contributed by atoms with E-state index < -0.39 is 5.97 Å². The van der Waals surface area contributed by atoms with Crippen LogP contribution >= 0.6 is 0 Å². The first-order valence-corrected chi connectivity index (χ1v) is 6.85. The Kier molecular flexibility index (Phi) is 5.14. The van der Waals surface area contributed by atoms with Crippen LogP contribution in [0, 0.1) is 0 Å². The minimum Gasteiger partial charge on any atom is -0.508 e. The van der Waals surface area contributed by atoms with Crippen molar-refractivity contribution in [1.82, 2.24) is 5.32 Å². The number of benzene rings is 2. The Balaban J connectivity index is 1.98. The Morgan fingerprint density at radius 1 is 1.05 bits per heavy atom. The summed E-state index contributed by atoms with van der Waals surface area (Å²) >= 11 is 0. The maximum Gasteiger partial charge on any atom is 0.338 e.